The van der Waals surface area contributed by atoms with E-state index in [0.717, 1.165) is 16.8 Å². The van der Waals surface area contributed by atoms with Gasteiger partial charge in [-0.05, 0) is 35.9 Å². The first-order chi connectivity index (χ1) is 15.0. The fraction of sp³-hybridized carbons (Fsp3) is 0.0800. The molecule has 0 saturated carbocycles. The molecule has 6 nitrogen and oxygen atoms in total. The summed E-state index contributed by atoms with van der Waals surface area (Å²) >= 11 is 0. The predicted octanol–water partition coefficient (Wildman–Crippen LogP) is 3.73. The molecule has 0 atom stereocenters. The van der Waals surface area contributed by atoms with E-state index in [2.05, 4.69) is 10.4 Å². The van der Waals surface area contributed by atoms with Crippen LogP contribution in [-0.2, 0) is 4.79 Å². The highest BCUT2D eigenvalue weighted by atomic mass is 16.2. The van der Waals surface area contributed by atoms with E-state index in [1.54, 1.807) is 30.3 Å². The quantitative estimate of drug-likeness (QED) is 0.667. The van der Waals surface area contributed by atoms with E-state index in [1.807, 2.05) is 79.7 Å². The van der Waals surface area contributed by atoms with Gasteiger partial charge in [-0.15, -0.1) is 0 Å². The number of amides is 2. The number of nitrogens with zero attached hydrogens (tertiary/aromatic N) is 3. The van der Waals surface area contributed by atoms with Crippen LogP contribution in [0, 0.1) is 0 Å². The number of carbonyl (C=O) groups is 2. The van der Waals surface area contributed by atoms with Crippen molar-refractivity contribution in [2.24, 2.45) is 4.99 Å². The fourth-order valence-electron chi connectivity index (χ4n) is 3.19. The zero-order chi connectivity index (χ0) is 21.8. The normalized spacial score (nSPS) is 14.8. The molecule has 31 heavy (non-hydrogen) atoms. The topological polar surface area (TPSA) is 65.0 Å². The summed E-state index contributed by atoms with van der Waals surface area (Å²) in [5, 5.41) is 1.21. The number of hydrogen-bond acceptors (Lipinski definition) is 4. The zero-order valence-electron chi connectivity index (χ0n) is 17.3. The minimum Gasteiger partial charge on any atom is -0.378 e. The number of nitrogens with one attached hydrogen (secondary N) is 1. The summed E-state index contributed by atoms with van der Waals surface area (Å²) in [5.41, 5.74) is 6.01. The number of amidine groups is 1. The number of anilines is 1. The molecule has 4 rings (SSSR count). The third kappa shape index (κ3) is 4.38. The Hall–Kier alpha value is -4.19. The maximum atomic E-state index is 13.1. The molecule has 3 aromatic rings. The third-order valence-corrected chi connectivity index (χ3v) is 4.85. The van der Waals surface area contributed by atoms with Crippen molar-refractivity contribution in [3.8, 4) is 0 Å². The Bertz CT molecular complexity index is 1150. The lowest BCUT2D eigenvalue weighted by Crippen LogP contribution is -2.53. The summed E-state index contributed by atoms with van der Waals surface area (Å²) in [4.78, 5) is 32.5. The Morgan fingerprint density at radius 3 is 2.13 bits per heavy atom. The molecule has 6 heteroatoms. The van der Waals surface area contributed by atoms with E-state index in [4.69, 9.17) is 0 Å². The maximum Gasteiger partial charge on any atom is 0.288 e. The van der Waals surface area contributed by atoms with E-state index in [1.165, 1.54) is 5.01 Å². The number of rotatable bonds is 4. The Morgan fingerprint density at radius 2 is 1.52 bits per heavy atom. The molecule has 0 unspecified atom stereocenters. The lowest BCUT2D eigenvalue weighted by molar-refractivity contribution is -0.120. The summed E-state index contributed by atoms with van der Waals surface area (Å²) in [5.74, 6) is -0.434. The highest BCUT2D eigenvalue weighted by Gasteiger charge is 2.30. The van der Waals surface area contributed by atoms with Crippen LogP contribution in [0.1, 0.15) is 21.5 Å². The summed E-state index contributed by atoms with van der Waals surface area (Å²) in [6.45, 7) is 0. The highest BCUT2D eigenvalue weighted by molar-refractivity contribution is 6.18. The molecule has 1 aliphatic heterocycles. The van der Waals surface area contributed by atoms with Crippen LogP contribution >= 0.6 is 0 Å². The molecule has 0 aliphatic carbocycles. The van der Waals surface area contributed by atoms with Gasteiger partial charge in [0.05, 0.1) is 0 Å². The van der Waals surface area contributed by atoms with E-state index in [-0.39, 0.29) is 11.6 Å². The highest BCUT2D eigenvalue weighted by Crippen LogP contribution is 2.20. The Morgan fingerprint density at radius 1 is 0.903 bits per heavy atom. The molecule has 1 aliphatic rings. The SMILES string of the molecule is CN(C)c1ccc(/C=C2/N=C(c3ccccc3)N(C(=O)c3ccccc3)NC2=O)cc1. The van der Waals surface area contributed by atoms with Crippen molar-refractivity contribution < 1.29 is 9.59 Å². The van der Waals surface area contributed by atoms with Gasteiger partial charge in [-0.25, -0.2) is 4.99 Å². The second-order valence-electron chi connectivity index (χ2n) is 7.26. The third-order valence-electron chi connectivity index (χ3n) is 4.85. The van der Waals surface area contributed by atoms with Gasteiger partial charge in [-0.2, -0.15) is 5.01 Å². The van der Waals surface area contributed by atoms with Crippen LogP contribution in [0.2, 0.25) is 0 Å². The van der Waals surface area contributed by atoms with Gasteiger partial charge in [0, 0.05) is 30.9 Å². The zero-order valence-corrected chi connectivity index (χ0v) is 17.3. The summed E-state index contributed by atoms with van der Waals surface area (Å²) < 4.78 is 0. The van der Waals surface area contributed by atoms with Crippen LogP contribution in [0.3, 0.4) is 0 Å². The van der Waals surface area contributed by atoms with Gasteiger partial charge in [-0.3, -0.25) is 15.0 Å². The van der Waals surface area contributed by atoms with Crippen molar-refractivity contribution in [3.05, 3.63) is 107 Å². The molecule has 0 radical (unpaired) electrons. The lowest BCUT2D eigenvalue weighted by Gasteiger charge is -2.28. The van der Waals surface area contributed by atoms with Crippen molar-refractivity contribution in [2.45, 2.75) is 0 Å². The summed E-state index contributed by atoms with van der Waals surface area (Å²) in [7, 11) is 3.94. The first-order valence-corrected chi connectivity index (χ1v) is 9.86. The van der Waals surface area contributed by atoms with E-state index < -0.39 is 5.91 Å². The van der Waals surface area contributed by atoms with Gasteiger partial charge in [0.25, 0.3) is 11.8 Å². The lowest BCUT2D eigenvalue weighted by atomic mass is 10.1. The van der Waals surface area contributed by atoms with Crippen molar-refractivity contribution in [1.82, 2.24) is 10.4 Å². The number of aliphatic imine (C=N–C) groups is 1. The standard InChI is InChI=1S/C25H22N4O2/c1-28(2)21-15-13-18(14-16-21)17-22-24(30)27-29(25(31)20-11-7-4-8-12-20)23(26-22)19-9-5-3-6-10-19/h3-17H,1-2H3,(H,27,30)/b22-17+. The van der Waals surface area contributed by atoms with Crippen LogP contribution < -0.4 is 10.3 Å². The molecule has 1 N–H and O–H groups in total. The molecule has 154 valence electrons. The van der Waals surface area contributed by atoms with Crippen LogP contribution in [0.25, 0.3) is 6.08 Å². The molecule has 0 bridgehead atoms. The van der Waals surface area contributed by atoms with Crippen molar-refractivity contribution in [1.29, 1.82) is 0 Å². The molecular formula is C25H22N4O2. The van der Waals surface area contributed by atoms with Crippen molar-refractivity contribution in [3.63, 3.8) is 0 Å². The Labute approximate surface area is 181 Å². The van der Waals surface area contributed by atoms with Crippen LogP contribution in [0.4, 0.5) is 5.69 Å². The molecule has 0 spiro atoms. The van der Waals surface area contributed by atoms with Gasteiger partial charge >= 0.3 is 0 Å². The first kappa shape index (κ1) is 20.1. The predicted molar refractivity (Wildman–Crippen MR) is 122 cm³/mol. The van der Waals surface area contributed by atoms with Crippen LogP contribution in [-0.4, -0.2) is 36.8 Å². The van der Waals surface area contributed by atoms with E-state index in [9.17, 15) is 9.59 Å². The molecular weight excluding hydrogens is 388 g/mol. The van der Waals surface area contributed by atoms with Crippen molar-refractivity contribution in [2.75, 3.05) is 19.0 Å². The van der Waals surface area contributed by atoms with E-state index >= 15 is 0 Å². The largest absolute Gasteiger partial charge is 0.378 e. The second-order valence-corrected chi connectivity index (χ2v) is 7.26. The van der Waals surface area contributed by atoms with Gasteiger partial charge in [0.2, 0.25) is 0 Å². The first-order valence-electron chi connectivity index (χ1n) is 9.86. The Balaban J connectivity index is 1.75. The summed E-state index contributed by atoms with van der Waals surface area (Å²) in [6, 6.07) is 25.9. The average molecular weight is 410 g/mol. The molecule has 0 fully saturated rings. The summed E-state index contributed by atoms with van der Waals surface area (Å²) in [6.07, 6.45) is 1.71. The molecule has 1 heterocycles. The number of benzene rings is 3. The van der Waals surface area contributed by atoms with E-state index in [0.29, 0.717) is 11.4 Å². The minimum absolute atomic E-state index is 0.230. The smallest absolute Gasteiger partial charge is 0.288 e. The number of carbonyl (C=O) groups excluding carboxylic acids is 2. The monoisotopic (exact) mass is 410 g/mol. The number of hydrogen-bond donors (Lipinski definition) is 1. The fourth-order valence-corrected chi connectivity index (χ4v) is 3.19. The van der Waals surface area contributed by atoms with Gasteiger partial charge < -0.3 is 4.90 Å². The molecule has 0 aromatic heterocycles. The van der Waals surface area contributed by atoms with Gasteiger partial charge in [0.1, 0.15) is 5.70 Å². The second kappa shape index (κ2) is 8.67. The Kier molecular flexibility index (Phi) is 5.62. The number of hydrazine groups is 1. The minimum atomic E-state index is -0.444. The van der Waals surface area contributed by atoms with Crippen LogP contribution in [0.15, 0.2) is 95.6 Å². The average Bonchev–Trinajstić information content (AvgIpc) is 2.81. The molecule has 3 aromatic carbocycles. The maximum absolute atomic E-state index is 13.1. The van der Waals surface area contributed by atoms with Crippen molar-refractivity contribution >= 4 is 29.4 Å². The molecule has 2 amide bonds. The van der Waals surface area contributed by atoms with Gasteiger partial charge in [0.15, 0.2) is 5.84 Å². The molecule has 0 saturated heterocycles. The van der Waals surface area contributed by atoms with Crippen LogP contribution in [0.5, 0.6) is 0 Å². The van der Waals surface area contributed by atoms with Gasteiger partial charge in [-0.1, -0.05) is 60.7 Å².